The highest BCUT2D eigenvalue weighted by atomic mass is 16.3. The minimum Gasteiger partial charge on any atom is -0.508 e. The molecule has 0 saturated heterocycles. The van der Waals surface area contributed by atoms with Crippen LogP contribution in [0, 0.1) is 6.92 Å². The number of phenolic OH excluding ortho intramolecular Hbond substituents is 2. The van der Waals surface area contributed by atoms with Gasteiger partial charge in [0.2, 0.25) is 0 Å². The fraction of sp³-hybridized carbons (Fsp3) is 0.115. The van der Waals surface area contributed by atoms with E-state index in [1.165, 1.54) is 18.3 Å². The van der Waals surface area contributed by atoms with Crippen molar-refractivity contribution in [2.45, 2.75) is 6.92 Å². The summed E-state index contributed by atoms with van der Waals surface area (Å²) < 4.78 is 0. The van der Waals surface area contributed by atoms with E-state index in [1.807, 2.05) is 43.3 Å². The van der Waals surface area contributed by atoms with Gasteiger partial charge in [-0.15, -0.1) is 0 Å². The van der Waals surface area contributed by atoms with Gasteiger partial charge in [0.25, 0.3) is 11.8 Å². The van der Waals surface area contributed by atoms with E-state index >= 15 is 0 Å². The molecule has 0 aliphatic rings. The van der Waals surface area contributed by atoms with Crippen LogP contribution < -0.4 is 15.6 Å². The number of rotatable bonds is 7. The number of benzene rings is 3. The van der Waals surface area contributed by atoms with Crippen LogP contribution in [0.4, 0.5) is 5.69 Å². The fourth-order valence-electron chi connectivity index (χ4n) is 3.12. The Morgan fingerprint density at radius 3 is 2.26 bits per heavy atom. The Hall–Kier alpha value is -4.59. The molecular weight excluding hydrogens is 432 g/mol. The lowest BCUT2D eigenvalue weighted by Gasteiger charge is -2.13. The zero-order valence-electron chi connectivity index (χ0n) is 19.1. The first-order valence-electron chi connectivity index (χ1n) is 10.5. The van der Waals surface area contributed by atoms with Crippen LogP contribution in [0.3, 0.4) is 0 Å². The van der Waals surface area contributed by atoms with Crippen molar-refractivity contribution < 1.29 is 19.8 Å². The molecule has 0 unspecified atom stereocenters. The van der Waals surface area contributed by atoms with Crippen molar-refractivity contribution in [2.75, 3.05) is 19.0 Å². The number of hydrazone groups is 1. The predicted molar refractivity (Wildman–Crippen MR) is 133 cm³/mol. The number of nitrogens with zero attached hydrogens (tertiary/aromatic N) is 2. The highest BCUT2D eigenvalue weighted by molar-refractivity contribution is 6.05. The topological polar surface area (TPSA) is 114 Å². The van der Waals surface area contributed by atoms with Gasteiger partial charge in [0.15, 0.2) is 0 Å². The van der Waals surface area contributed by atoms with E-state index in [0.717, 1.165) is 5.69 Å². The van der Waals surface area contributed by atoms with E-state index in [9.17, 15) is 19.8 Å². The van der Waals surface area contributed by atoms with Gasteiger partial charge in [-0.1, -0.05) is 30.3 Å². The van der Waals surface area contributed by atoms with Crippen molar-refractivity contribution in [2.24, 2.45) is 5.10 Å². The number of amides is 2. The molecule has 3 rings (SSSR count). The maximum Gasteiger partial charge on any atom is 0.287 e. The summed E-state index contributed by atoms with van der Waals surface area (Å²) in [7, 11) is 3.85. The van der Waals surface area contributed by atoms with Crippen LogP contribution in [0.1, 0.15) is 27.0 Å². The first-order chi connectivity index (χ1) is 16.2. The van der Waals surface area contributed by atoms with Crippen molar-refractivity contribution in [3.8, 4) is 11.5 Å². The van der Waals surface area contributed by atoms with Crippen LogP contribution in [0.25, 0.3) is 6.08 Å². The lowest BCUT2D eigenvalue weighted by molar-refractivity contribution is -0.117. The van der Waals surface area contributed by atoms with E-state index in [4.69, 9.17) is 0 Å². The molecule has 0 aromatic heterocycles. The van der Waals surface area contributed by atoms with Gasteiger partial charge in [-0.3, -0.25) is 9.59 Å². The standard InChI is InChI=1S/C26H26N4O4/c1-17-13-21(31)15-24(32)22(17)16-27-29-26(34)23(28-25(33)19-7-5-4-6-8-19)14-18-9-11-20(12-10-18)30(2)3/h4-16,31-32H,1-3H3,(H,28,33)(H,29,34). The first-order valence-corrected chi connectivity index (χ1v) is 10.5. The quantitative estimate of drug-likeness (QED) is 0.246. The molecule has 8 heteroatoms. The first kappa shape index (κ1) is 24.1. The molecule has 0 radical (unpaired) electrons. The molecule has 3 aromatic carbocycles. The normalized spacial score (nSPS) is 11.3. The smallest absolute Gasteiger partial charge is 0.287 e. The van der Waals surface area contributed by atoms with Gasteiger partial charge in [-0.25, -0.2) is 5.43 Å². The van der Waals surface area contributed by atoms with Crippen LogP contribution in [-0.4, -0.2) is 42.3 Å². The zero-order valence-corrected chi connectivity index (χ0v) is 19.1. The SMILES string of the molecule is Cc1cc(O)cc(O)c1C=NNC(=O)C(=Cc1ccc(N(C)C)cc1)NC(=O)c1ccccc1. The van der Waals surface area contributed by atoms with Crippen molar-refractivity contribution in [3.63, 3.8) is 0 Å². The van der Waals surface area contributed by atoms with Gasteiger partial charge in [0, 0.05) is 37.0 Å². The second kappa shape index (κ2) is 10.8. The van der Waals surface area contributed by atoms with Crippen LogP contribution in [0.2, 0.25) is 0 Å². The summed E-state index contributed by atoms with van der Waals surface area (Å²) in [4.78, 5) is 27.5. The third-order valence-electron chi connectivity index (χ3n) is 4.96. The molecule has 3 aromatic rings. The predicted octanol–water partition coefficient (Wildman–Crippen LogP) is 3.39. The highest BCUT2D eigenvalue weighted by Gasteiger charge is 2.14. The van der Waals surface area contributed by atoms with E-state index in [1.54, 1.807) is 43.3 Å². The monoisotopic (exact) mass is 458 g/mol. The number of aryl methyl sites for hydroxylation is 1. The molecule has 0 bridgehead atoms. The van der Waals surface area contributed by atoms with Gasteiger partial charge in [0.05, 0.1) is 6.21 Å². The van der Waals surface area contributed by atoms with Crippen molar-refractivity contribution >= 4 is 29.8 Å². The lowest BCUT2D eigenvalue weighted by atomic mass is 10.1. The number of anilines is 1. The number of carbonyl (C=O) groups excluding carboxylic acids is 2. The summed E-state index contributed by atoms with van der Waals surface area (Å²) in [5.41, 5.74) is 5.39. The number of hydrogen-bond donors (Lipinski definition) is 4. The van der Waals surface area contributed by atoms with Crippen LogP contribution in [0.15, 0.2) is 77.5 Å². The van der Waals surface area contributed by atoms with E-state index < -0.39 is 11.8 Å². The van der Waals surface area contributed by atoms with Crippen molar-refractivity contribution in [1.82, 2.24) is 10.7 Å². The Morgan fingerprint density at radius 2 is 1.65 bits per heavy atom. The number of hydrogen-bond acceptors (Lipinski definition) is 6. The highest BCUT2D eigenvalue weighted by Crippen LogP contribution is 2.25. The average Bonchev–Trinajstić information content (AvgIpc) is 2.81. The Bertz CT molecular complexity index is 1210. The molecule has 174 valence electrons. The van der Waals surface area contributed by atoms with Crippen LogP contribution in [0.5, 0.6) is 11.5 Å². The molecular formula is C26H26N4O4. The summed E-state index contributed by atoms with van der Waals surface area (Å²) in [5.74, 6) is -1.34. The van der Waals surface area contributed by atoms with E-state index in [2.05, 4.69) is 15.8 Å². The van der Waals surface area contributed by atoms with Gasteiger partial charge in [-0.2, -0.15) is 5.10 Å². The Morgan fingerprint density at radius 1 is 0.971 bits per heavy atom. The molecule has 0 atom stereocenters. The minimum absolute atomic E-state index is 0.00439. The number of aromatic hydroxyl groups is 2. The van der Waals surface area contributed by atoms with Crippen LogP contribution >= 0.6 is 0 Å². The lowest BCUT2D eigenvalue weighted by Crippen LogP contribution is -2.32. The maximum absolute atomic E-state index is 12.9. The number of phenols is 2. The van der Waals surface area contributed by atoms with Crippen molar-refractivity contribution in [1.29, 1.82) is 0 Å². The summed E-state index contributed by atoms with van der Waals surface area (Å²) >= 11 is 0. The molecule has 0 heterocycles. The Balaban J connectivity index is 1.84. The van der Waals surface area contributed by atoms with E-state index in [0.29, 0.717) is 22.3 Å². The number of carbonyl (C=O) groups is 2. The Labute approximate surface area is 197 Å². The van der Waals surface area contributed by atoms with Gasteiger partial charge in [-0.05, 0) is 54.5 Å². The largest absolute Gasteiger partial charge is 0.508 e. The summed E-state index contributed by atoms with van der Waals surface area (Å²) in [6.07, 6.45) is 2.82. The van der Waals surface area contributed by atoms with Crippen LogP contribution in [-0.2, 0) is 4.79 Å². The van der Waals surface area contributed by atoms with Crippen molar-refractivity contribution in [3.05, 3.63) is 94.7 Å². The third kappa shape index (κ3) is 6.23. The van der Waals surface area contributed by atoms with E-state index in [-0.39, 0.29) is 17.2 Å². The molecule has 0 saturated carbocycles. The number of nitrogens with one attached hydrogen (secondary N) is 2. The molecule has 2 amide bonds. The van der Waals surface area contributed by atoms with Gasteiger partial charge in [0.1, 0.15) is 17.2 Å². The average molecular weight is 459 g/mol. The molecule has 4 N–H and O–H groups in total. The van der Waals surface area contributed by atoms with Gasteiger partial charge >= 0.3 is 0 Å². The molecule has 0 fully saturated rings. The second-order valence-electron chi connectivity index (χ2n) is 7.76. The zero-order chi connectivity index (χ0) is 24.7. The molecule has 0 spiro atoms. The molecule has 0 aliphatic carbocycles. The summed E-state index contributed by atoms with van der Waals surface area (Å²) in [6.45, 7) is 1.69. The molecule has 34 heavy (non-hydrogen) atoms. The molecule has 8 nitrogen and oxygen atoms in total. The fourth-order valence-corrected chi connectivity index (χ4v) is 3.12. The maximum atomic E-state index is 12.9. The summed E-state index contributed by atoms with van der Waals surface area (Å²) in [6, 6.07) is 18.6. The Kier molecular flexibility index (Phi) is 7.66. The second-order valence-corrected chi connectivity index (χ2v) is 7.76. The summed E-state index contributed by atoms with van der Waals surface area (Å²) in [5, 5.41) is 26.1. The van der Waals surface area contributed by atoms with Gasteiger partial charge < -0.3 is 20.4 Å². The molecule has 0 aliphatic heterocycles. The minimum atomic E-state index is -0.645. The third-order valence-corrected chi connectivity index (χ3v) is 4.96.